The van der Waals surface area contributed by atoms with Gasteiger partial charge < -0.3 is 5.32 Å². The summed E-state index contributed by atoms with van der Waals surface area (Å²) in [6.07, 6.45) is 1.86. The molecule has 108 valence electrons. The van der Waals surface area contributed by atoms with Gasteiger partial charge in [-0.25, -0.2) is 4.39 Å². The smallest absolute Gasteiger partial charge is 0.128 e. The zero-order valence-corrected chi connectivity index (χ0v) is 13.7. The molecule has 1 heterocycles. The van der Waals surface area contributed by atoms with E-state index in [1.54, 1.807) is 6.07 Å². The quantitative estimate of drug-likeness (QED) is 0.910. The molecule has 0 aliphatic carbocycles. The zero-order chi connectivity index (χ0) is 14.9. The molecule has 0 radical (unpaired) electrons. The molecular formula is C15H19BrFN3. The molecule has 0 saturated carbocycles. The monoisotopic (exact) mass is 339 g/mol. The van der Waals surface area contributed by atoms with Crippen LogP contribution in [-0.2, 0) is 7.05 Å². The van der Waals surface area contributed by atoms with Crippen molar-refractivity contribution < 1.29 is 4.39 Å². The van der Waals surface area contributed by atoms with Gasteiger partial charge in [-0.2, -0.15) is 5.10 Å². The lowest BCUT2D eigenvalue weighted by molar-refractivity contribution is 0.472. The molecule has 0 spiro atoms. The van der Waals surface area contributed by atoms with E-state index in [0.29, 0.717) is 5.56 Å². The first-order valence-corrected chi connectivity index (χ1v) is 7.39. The Hall–Kier alpha value is -1.20. The first kappa shape index (κ1) is 15.2. The summed E-state index contributed by atoms with van der Waals surface area (Å²) in [6.45, 7) is 6.06. The number of hydrogen-bond donors (Lipinski definition) is 1. The molecule has 0 bridgehead atoms. The van der Waals surface area contributed by atoms with E-state index in [-0.39, 0.29) is 17.9 Å². The second kappa shape index (κ2) is 6.06. The van der Waals surface area contributed by atoms with Gasteiger partial charge in [0.25, 0.3) is 0 Å². The minimum absolute atomic E-state index is 0.0814. The van der Waals surface area contributed by atoms with Crippen molar-refractivity contribution >= 4 is 15.9 Å². The van der Waals surface area contributed by atoms with Crippen LogP contribution >= 0.6 is 15.9 Å². The Morgan fingerprint density at radius 2 is 1.90 bits per heavy atom. The van der Waals surface area contributed by atoms with Gasteiger partial charge in [0.05, 0.1) is 6.20 Å². The first-order chi connectivity index (χ1) is 9.40. The molecule has 20 heavy (non-hydrogen) atoms. The molecule has 2 unspecified atom stereocenters. The summed E-state index contributed by atoms with van der Waals surface area (Å²) < 4.78 is 16.6. The lowest BCUT2D eigenvalue weighted by Crippen LogP contribution is -2.23. The molecule has 0 amide bonds. The van der Waals surface area contributed by atoms with Crippen molar-refractivity contribution in [3.05, 3.63) is 51.5 Å². The summed E-state index contributed by atoms with van der Waals surface area (Å²) in [6, 6.07) is 5.03. The Balaban J connectivity index is 2.17. The van der Waals surface area contributed by atoms with Crippen molar-refractivity contribution in [3.8, 4) is 0 Å². The third kappa shape index (κ3) is 3.10. The highest BCUT2D eigenvalue weighted by Crippen LogP contribution is 2.25. The molecule has 2 rings (SSSR count). The van der Waals surface area contributed by atoms with Crippen molar-refractivity contribution in [2.24, 2.45) is 7.05 Å². The van der Waals surface area contributed by atoms with Crippen molar-refractivity contribution in [2.75, 3.05) is 0 Å². The van der Waals surface area contributed by atoms with Crippen LogP contribution in [0.3, 0.4) is 0 Å². The first-order valence-electron chi connectivity index (χ1n) is 6.59. The molecule has 2 atom stereocenters. The number of benzene rings is 1. The summed E-state index contributed by atoms with van der Waals surface area (Å²) in [5.74, 6) is -0.191. The summed E-state index contributed by atoms with van der Waals surface area (Å²) in [4.78, 5) is 0. The van der Waals surface area contributed by atoms with E-state index < -0.39 is 0 Å². The SMILES string of the molecule is Cc1c(C(C)NC(C)c2cc(Br)ccc2F)cnn1C. The summed E-state index contributed by atoms with van der Waals surface area (Å²) in [5, 5.41) is 7.66. The van der Waals surface area contributed by atoms with Gasteiger partial charge in [0.15, 0.2) is 0 Å². The topological polar surface area (TPSA) is 29.9 Å². The number of rotatable bonds is 4. The maximum Gasteiger partial charge on any atom is 0.128 e. The number of hydrogen-bond acceptors (Lipinski definition) is 2. The van der Waals surface area contributed by atoms with Crippen molar-refractivity contribution in [1.29, 1.82) is 0 Å². The number of halogens is 2. The maximum atomic E-state index is 13.9. The maximum absolute atomic E-state index is 13.9. The Bertz CT molecular complexity index is 609. The van der Waals surface area contributed by atoms with Gasteiger partial charge in [-0.15, -0.1) is 0 Å². The highest BCUT2D eigenvalue weighted by atomic mass is 79.9. The fraction of sp³-hybridized carbons (Fsp3) is 0.400. The molecule has 2 aromatic rings. The largest absolute Gasteiger partial charge is 0.303 e. The van der Waals surface area contributed by atoms with E-state index in [1.807, 2.05) is 37.8 Å². The predicted octanol–water partition coefficient (Wildman–Crippen LogP) is 4.04. The van der Waals surface area contributed by atoms with Crippen LogP contribution in [0.5, 0.6) is 0 Å². The minimum atomic E-state index is -0.191. The van der Waals surface area contributed by atoms with E-state index >= 15 is 0 Å². The van der Waals surface area contributed by atoms with Gasteiger partial charge >= 0.3 is 0 Å². The van der Waals surface area contributed by atoms with Gasteiger partial charge in [-0.3, -0.25) is 4.68 Å². The highest BCUT2D eigenvalue weighted by Gasteiger charge is 2.17. The fourth-order valence-corrected chi connectivity index (χ4v) is 2.72. The van der Waals surface area contributed by atoms with Crippen LogP contribution in [0.25, 0.3) is 0 Å². The minimum Gasteiger partial charge on any atom is -0.303 e. The van der Waals surface area contributed by atoms with Crippen LogP contribution in [0.4, 0.5) is 4.39 Å². The molecule has 0 saturated heterocycles. The van der Waals surface area contributed by atoms with E-state index in [1.165, 1.54) is 6.07 Å². The van der Waals surface area contributed by atoms with Gasteiger partial charge in [-0.05, 0) is 39.0 Å². The Morgan fingerprint density at radius 1 is 1.25 bits per heavy atom. The van der Waals surface area contributed by atoms with Crippen molar-refractivity contribution in [1.82, 2.24) is 15.1 Å². The molecule has 0 aliphatic heterocycles. The van der Waals surface area contributed by atoms with E-state index in [2.05, 4.69) is 33.3 Å². The van der Waals surface area contributed by atoms with Crippen LogP contribution in [0.1, 0.15) is 42.8 Å². The number of nitrogens with zero attached hydrogens (tertiary/aromatic N) is 2. The molecule has 1 N–H and O–H groups in total. The average molecular weight is 340 g/mol. The molecule has 0 fully saturated rings. The van der Waals surface area contributed by atoms with Crippen LogP contribution in [-0.4, -0.2) is 9.78 Å². The molecule has 5 heteroatoms. The number of aromatic nitrogens is 2. The van der Waals surface area contributed by atoms with Crippen LogP contribution < -0.4 is 5.32 Å². The molecular weight excluding hydrogens is 321 g/mol. The third-order valence-corrected chi connectivity index (χ3v) is 4.16. The average Bonchev–Trinajstić information content (AvgIpc) is 2.73. The van der Waals surface area contributed by atoms with Gasteiger partial charge in [0.1, 0.15) is 5.82 Å². The summed E-state index contributed by atoms with van der Waals surface area (Å²) >= 11 is 3.38. The van der Waals surface area contributed by atoms with Crippen LogP contribution in [0, 0.1) is 12.7 Å². The lowest BCUT2D eigenvalue weighted by atomic mass is 10.0. The fourth-order valence-electron chi connectivity index (χ4n) is 2.34. The Morgan fingerprint density at radius 3 is 2.50 bits per heavy atom. The van der Waals surface area contributed by atoms with E-state index in [4.69, 9.17) is 0 Å². The second-order valence-electron chi connectivity index (χ2n) is 5.08. The zero-order valence-electron chi connectivity index (χ0n) is 12.1. The Kier molecular flexibility index (Phi) is 4.60. The van der Waals surface area contributed by atoms with Crippen molar-refractivity contribution in [3.63, 3.8) is 0 Å². The van der Waals surface area contributed by atoms with E-state index in [9.17, 15) is 4.39 Å². The van der Waals surface area contributed by atoms with Crippen LogP contribution in [0.2, 0.25) is 0 Å². The number of nitrogens with one attached hydrogen (secondary N) is 1. The molecule has 3 nitrogen and oxygen atoms in total. The van der Waals surface area contributed by atoms with Crippen LogP contribution in [0.15, 0.2) is 28.9 Å². The van der Waals surface area contributed by atoms with Gasteiger partial charge in [-0.1, -0.05) is 15.9 Å². The standard InChI is InChI=1S/C15H19BrFN3/c1-9(13-7-12(16)5-6-15(13)17)19-10(2)14-8-18-20(4)11(14)3/h5-10,19H,1-4H3. The third-order valence-electron chi connectivity index (χ3n) is 3.66. The molecule has 1 aromatic heterocycles. The predicted molar refractivity (Wildman–Crippen MR) is 82.0 cm³/mol. The highest BCUT2D eigenvalue weighted by molar-refractivity contribution is 9.10. The number of aryl methyl sites for hydroxylation is 1. The lowest BCUT2D eigenvalue weighted by Gasteiger charge is -2.21. The van der Waals surface area contributed by atoms with E-state index in [0.717, 1.165) is 15.7 Å². The normalized spacial score (nSPS) is 14.3. The molecule has 1 aromatic carbocycles. The van der Waals surface area contributed by atoms with Gasteiger partial charge in [0.2, 0.25) is 0 Å². The second-order valence-corrected chi connectivity index (χ2v) is 6.00. The van der Waals surface area contributed by atoms with Gasteiger partial charge in [0, 0.05) is 40.4 Å². The molecule has 0 aliphatic rings. The Labute approximate surface area is 127 Å². The summed E-state index contributed by atoms with van der Waals surface area (Å²) in [5.41, 5.74) is 2.91. The van der Waals surface area contributed by atoms with Crippen molar-refractivity contribution in [2.45, 2.75) is 32.9 Å². The summed E-state index contributed by atoms with van der Waals surface area (Å²) in [7, 11) is 1.92.